The van der Waals surface area contributed by atoms with Gasteiger partial charge in [0, 0.05) is 7.05 Å². The van der Waals surface area contributed by atoms with Crippen molar-refractivity contribution >= 4 is 35.1 Å². The molecule has 1 heterocycles. The molecule has 5 nitrogen and oxygen atoms in total. The minimum Gasteiger partial charge on any atom is -0.481 e. The van der Waals surface area contributed by atoms with E-state index in [4.69, 9.17) is 33.0 Å². The number of nitrogens with zero attached hydrogens (tertiary/aromatic N) is 1. The minimum absolute atomic E-state index is 0.0981. The maximum Gasteiger partial charge on any atom is 0.311 e. The van der Waals surface area contributed by atoms with E-state index in [9.17, 15) is 9.59 Å². The van der Waals surface area contributed by atoms with Gasteiger partial charge in [-0.2, -0.15) is 0 Å². The molecule has 1 aliphatic rings. The number of carboxylic acids is 1. The van der Waals surface area contributed by atoms with Crippen molar-refractivity contribution < 1.29 is 19.4 Å². The standard InChI is InChI=1S/C13H13Cl2NO4/c1-16(10-6-20-5-8(10)13(18)19)12(17)7-3-2-4-9(14)11(7)15/h2-4,8,10H,5-6H2,1H3,(H,18,19). The van der Waals surface area contributed by atoms with Gasteiger partial charge in [-0.25, -0.2) is 0 Å². The van der Waals surface area contributed by atoms with Crippen LogP contribution in [0, 0.1) is 5.92 Å². The number of rotatable bonds is 3. The van der Waals surface area contributed by atoms with Crippen molar-refractivity contribution in [2.45, 2.75) is 6.04 Å². The SMILES string of the molecule is CN(C(=O)c1cccc(Cl)c1Cl)C1COCC1C(=O)O. The third-order valence-corrected chi connectivity index (χ3v) is 4.19. The second-order valence-corrected chi connectivity index (χ2v) is 5.35. The summed E-state index contributed by atoms with van der Waals surface area (Å²) in [4.78, 5) is 24.9. The molecule has 108 valence electrons. The summed E-state index contributed by atoms with van der Waals surface area (Å²) in [5.74, 6) is -2.09. The fourth-order valence-corrected chi connectivity index (χ4v) is 2.55. The predicted octanol–water partition coefficient (Wildman–Crippen LogP) is 2.16. The number of carboxylic acid groups (broad SMARTS) is 1. The van der Waals surface area contributed by atoms with E-state index < -0.39 is 17.9 Å². The molecule has 20 heavy (non-hydrogen) atoms. The second-order valence-electron chi connectivity index (χ2n) is 4.57. The van der Waals surface area contributed by atoms with Crippen LogP contribution in [-0.4, -0.2) is 48.2 Å². The molecule has 1 aliphatic heterocycles. The zero-order valence-electron chi connectivity index (χ0n) is 10.7. The van der Waals surface area contributed by atoms with E-state index in [0.717, 1.165) is 0 Å². The lowest BCUT2D eigenvalue weighted by atomic mass is 10.0. The number of likely N-dealkylation sites (N-methyl/N-ethyl adjacent to an activating group) is 1. The molecule has 0 bridgehead atoms. The molecule has 2 atom stereocenters. The van der Waals surface area contributed by atoms with Crippen LogP contribution in [0.15, 0.2) is 18.2 Å². The normalized spacial score (nSPS) is 21.8. The molecule has 0 saturated carbocycles. The lowest BCUT2D eigenvalue weighted by Gasteiger charge is -2.26. The monoisotopic (exact) mass is 317 g/mol. The molecule has 1 N–H and O–H groups in total. The van der Waals surface area contributed by atoms with Gasteiger partial charge in [-0.1, -0.05) is 29.3 Å². The molecular formula is C13H13Cl2NO4. The summed E-state index contributed by atoms with van der Waals surface area (Å²) in [6.45, 7) is 0.290. The van der Waals surface area contributed by atoms with Crippen molar-refractivity contribution in [2.24, 2.45) is 5.92 Å². The molecule has 0 aliphatic carbocycles. The van der Waals surface area contributed by atoms with Gasteiger partial charge in [0.2, 0.25) is 0 Å². The van der Waals surface area contributed by atoms with Crippen LogP contribution in [0.25, 0.3) is 0 Å². The summed E-state index contributed by atoms with van der Waals surface area (Å²) >= 11 is 11.9. The van der Waals surface area contributed by atoms with E-state index in [0.29, 0.717) is 0 Å². The molecule has 7 heteroatoms. The number of amides is 1. The van der Waals surface area contributed by atoms with Crippen LogP contribution in [0.1, 0.15) is 10.4 Å². The molecule has 1 saturated heterocycles. The topological polar surface area (TPSA) is 66.8 Å². The van der Waals surface area contributed by atoms with Gasteiger partial charge in [0.15, 0.2) is 0 Å². The Balaban J connectivity index is 2.24. The van der Waals surface area contributed by atoms with Gasteiger partial charge in [0.25, 0.3) is 5.91 Å². The minimum atomic E-state index is -0.982. The number of hydrogen-bond acceptors (Lipinski definition) is 3. The maximum atomic E-state index is 12.4. The fourth-order valence-electron chi connectivity index (χ4n) is 2.17. The van der Waals surface area contributed by atoms with Crippen molar-refractivity contribution in [2.75, 3.05) is 20.3 Å². The zero-order chi connectivity index (χ0) is 14.9. The van der Waals surface area contributed by atoms with Crippen molar-refractivity contribution in [3.8, 4) is 0 Å². The van der Waals surface area contributed by atoms with E-state index in [1.807, 2.05) is 0 Å². The first-order chi connectivity index (χ1) is 9.43. The summed E-state index contributed by atoms with van der Waals surface area (Å²) in [6, 6.07) is 4.24. The fraction of sp³-hybridized carbons (Fsp3) is 0.385. The van der Waals surface area contributed by atoms with E-state index in [-0.39, 0.29) is 34.7 Å². The summed E-state index contributed by atoms with van der Waals surface area (Å²) in [7, 11) is 1.54. The molecule has 2 unspecified atom stereocenters. The highest BCUT2D eigenvalue weighted by Gasteiger charge is 2.39. The first kappa shape index (κ1) is 15.1. The van der Waals surface area contributed by atoms with Gasteiger partial charge in [-0.3, -0.25) is 9.59 Å². The predicted molar refractivity (Wildman–Crippen MR) is 74.3 cm³/mol. The van der Waals surface area contributed by atoms with Gasteiger partial charge in [0.1, 0.15) is 5.92 Å². The quantitative estimate of drug-likeness (QED) is 0.927. The van der Waals surface area contributed by atoms with Crippen LogP contribution < -0.4 is 0 Å². The smallest absolute Gasteiger partial charge is 0.311 e. The third kappa shape index (κ3) is 2.75. The first-order valence-electron chi connectivity index (χ1n) is 5.95. The van der Waals surface area contributed by atoms with E-state index in [1.54, 1.807) is 18.2 Å². The Morgan fingerprint density at radius 1 is 1.35 bits per heavy atom. The molecule has 0 aromatic heterocycles. The van der Waals surface area contributed by atoms with Gasteiger partial charge in [0.05, 0.1) is 34.9 Å². The van der Waals surface area contributed by atoms with Crippen LogP contribution in [0.5, 0.6) is 0 Å². The van der Waals surface area contributed by atoms with Crippen molar-refractivity contribution in [1.82, 2.24) is 4.90 Å². The van der Waals surface area contributed by atoms with Crippen molar-refractivity contribution in [1.29, 1.82) is 0 Å². The van der Waals surface area contributed by atoms with Gasteiger partial charge in [-0.15, -0.1) is 0 Å². The Morgan fingerprint density at radius 2 is 2.05 bits per heavy atom. The Labute approximate surface area is 126 Å². The average molecular weight is 318 g/mol. The number of benzene rings is 1. The number of ether oxygens (including phenoxy) is 1. The molecule has 1 aromatic rings. The van der Waals surface area contributed by atoms with E-state index >= 15 is 0 Å². The Morgan fingerprint density at radius 3 is 2.70 bits per heavy atom. The maximum absolute atomic E-state index is 12.4. The zero-order valence-corrected chi connectivity index (χ0v) is 12.2. The Hall–Kier alpha value is -1.30. The summed E-state index contributed by atoms with van der Waals surface area (Å²) in [5.41, 5.74) is 0.248. The number of halogens is 2. The molecule has 1 amide bonds. The summed E-state index contributed by atoms with van der Waals surface area (Å²) in [5, 5.41) is 9.56. The lowest BCUT2D eigenvalue weighted by molar-refractivity contribution is -0.142. The second kappa shape index (κ2) is 5.99. The van der Waals surface area contributed by atoms with Crippen molar-refractivity contribution in [3.63, 3.8) is 0 Å². The third-order valence-electron chi connectivity index (χ3n) is 3.37. The first-order valence-corrected chi connectivity index (χ1v) is 6.70. The molecule has 0 spiro atoms. The number of hydrogen-bond donors (Lipinski definition) is 1. The molecular weight excluding hydrogens is 305 g/mol. The van der Waals surface area contributed by atoms with Gasteiger partial charge < -0.3 is 14.7 Å². The summed E-state index contributed by atoms with van der Waals surface area (Å²) in [6.07, 6.45) is 0. The molecule has 0 radical (unpaired) electrons. The molecule has 1 aromatic carbocycles. The van der Waals surface area contributed by atoms with Crippen LogP contribution in [-0.2, 0) is 9.53 Å². The molecule has 2 rings (SSSR count). The van der Waals surface area contributed by atoms with Crippen LogP contribution in [0.2, 0.25) is 10.0 Å². The average Bonchev–Trinajstić information content (AvgIpc) is 2.89. The highest BCUT2D eigenvalue weighted by Crippen LogP contribution is 2.28. The van der Waals surface area contributed by atoms with E-state index in [2.05, 4.69) is 0 Å². The van der Waals surface area contributed by atoms with Crippen molar-refractivity contribution in [3.05, 3.63) is 33.8 Å². The number of carbonyl (C=O) groups is 2. The Bertz CT molecular complexity index is 549. The number of aliphatic carboxylic acids is 1. The highest BCUT2D eigenvalue weighted by atomic mass is 35.5. The highest BCUT2D eigenvalue weighted by molar-refractivity contribution is 6.43. The van der Waals surface area contributed by atoms with E-state index in [1.165, 1.54) is 11.9 Å². The number of carbonyl (C=O) groups excluding carboxylic acids is 1. The van der Waals surface area contributed by atoms with Gasteiger partial charge >= 0.3 is 5.97 Å². The van der Waals surface area contributed by atoms with Gasteiger partial charge in [-0.05, 0) is 12.1 Å². The van der Waals surface area contributed by atoms with Crippen LogP contribution in [0.3, 0.4) is 0 Å². The summed E-state index contributed by atoms with van der Waals surface area (Å²) < 4.78 is 5.16. The Kier molecular flexibility index (Phi) is 4.52. The molecule has 1 fully saturated rings. The van der Waals surface area contributed by atoms with Crippen LogP contribution >= 0.6 is 23.2 Å². The lowest BCUT2D eigenvalue weighted by Crippen LogP contribution is -2.44. The van der Waals surface area contributed by atoms with Crippen LogP contribution in [0.4, 0.5) is 0 Å². The largest absolute Gasteiger partial charge is 0.481 e.